The number of benzene rings is 1. The van der Waals surface area contributed by atoms with Crippen molar-refractivity contribution in [3.05, 3.63) is 63.8 Å². The molecule has 6 nitrogen and oxygen atoms in total. The van der Waals surface area contributed by atoms with Gasteiger partial charge in [0.2, 0.25) is 0 Å². The van der Waals surface area contributed by atoms with E-state index in [-0.39, 0.29) is 0 Å². The number of hydrogen-bond donors (Lipinski definition) is 0. The van der Waals surface area contributed by atoms with Crippen molar-refractivity contribution in [1.29, 1.82) is 0 Å². The molecule has 3 aromatic rings. The minimum absolute atomic E-state index is 0.407. The molecule has 0 unspecified atom stereocenters. The first kappa shape index (κ1) is 20.0. The Morgan fingerprint density at radius 2 is 1.82 bits per heavy atom. The molecular formula is C26H29ClN6. The van der Waals surface area contributed by atoms with Crippen LogP contribution in [0.25, 0.3) is 5.69 Å². The Bertz CT molecular complexity index is 1230. The van der Waals surface area contributed by atoms with E-state index in [4.69, 9.17) is 26.8 Å². The number of pyridine rings is 1. The van der Waals surface area contributed by atoms with Crippen LogP contribution in [0.5, 0.6) is 0 Å². The molecule has 1 spiro atoms. The van der Waals surface area contributed by atoms with Gasteiger partial charge in [0, 0.05) is 47.7 Å². The molecule has 170 valence electrons. The fourth-order valence-corrected chi connectivity index (χ4v) is 6.54. The fraction of sp³-hybridized carbons (Fsp3) is 0.500. The Hall–Kier alpha value is -2.44. The maximum Gasteiger partial charge on any atom is 0.151 e. The van der Waals surface area contributed by atoms with Crippen molar-refractivity contribution in [1.82, 2.24) is 24.6 Å². The third-order valence-corrected chi connectivity index (χ3v) is 8.24. The van der Waals surface area contributed by atoms with E-state index in [2.05, 4.69) is 52.5 Å². The van der Waals surface area contributed by atoms with Gasteiger partial charge in [-0.1, -0.05) is 11.6 Å². The van der Waals surface area contributed by atoms with Crippen molar-refractivity contribution in [2.75, 3.05) is 18.0 Å². The highest BCUT2D eigenvalue weighted by molar-refractivity contribution is 6.30. The topological polar surface area (TPSA) is 50.1 Å². The molecular weight excluding hydrogens is 432 g/mol. The second-order valence-electron chi connectivity index (χ2n) is 10.8. The van der Waals surface area contributed by atoms with Crippen LogP contribution in [0.1, 0.15) is 60.1 Å². The summed E-state index contributed by atoms with van der Waals surface area (Å²) < 4.78 is 2.35. The first-order valence-electron chi connectivity index (χ1n) is 12.1. The predicted molar refractivity (Wildman–Crippen MR) is 129 cm³/mol. The lowest BCUT2D eigenvalue weighted by Crippen LogP contribution is -2.62. The van der Waals surface area contributed by atoms with Gasteiger partial charge in [-0.25, -0.2) is 4.98 Å². The molecule has 0 radical (unpaired) electrons. The van der Waals surface area contributed by atoms with E-state index in [0.717, 1.165) is 54.4 Å². The van der Waals surface area contributed by atoms with Crippen molar-refractivity contribution in [2.45, 2.75) is 64.6 Å². The average Bonchev–Trinajstić information content (AvgIpc) is 3.49. The van der Waals surface area contributed by atoms with Crippen molar-refractivity contribution in [3.63, 3.8) is 0 Å². The first-order valence-corrected chi connectivity index (χ1v) is 12.5. The molecule has 0 bridgehead atoms. The quantitative estimate of drug-likeness (QED) is 0.562. The van der Waals surface area contributed by atoms with Gasteiger partial charge < -0.3 is 4.90 Å². The van der Waals surface area contributed by atoms with Gasteiger partial charge in [-0.15, -0.1) is 10.2 Å². The minimum atomic E-state index is 0.407. The lowest BCUT2D eigenvalue weighted by molar-refractivity contribution is 0.0581. The van der Waals surface area contributed by atoms with Crippen LogP contribution in [-0.4, -0.2) is 43.8 Å². The number of fused-ring (bicyclic) bond motifs is 3. The minimum Gasteiger partial charge on any atom is -0.355 e. The third-order valence-electron chi connectivity index (χ3n) is 8.00. The Morgan fingerprint density at radius 1 is 1.00 bits per heavy atom. The Labute approximate surface area is 199 Å². The summed E-state index contributed by atoms with van der Waals surface area (Å²) in [5.41, 5.74) is 5.30. The van der Waals surface area contributed by atoms with Crippen LogP contribution in [0.2, 0.25) is 5.02 Å². The Balaban J connectivity index is 1.14. The van der Waals surface area contributed by atoms with E-state index in [1.54, 1.807) is 0 Å². The number of rotatable bonds is 3. The average molecular weight is 461 g/mol. The number of nitrogens with zero attached hydrogens (tertiary/aromatic N) is 6. The van der Waals surface area contributed by atoms with Gasteiger partial charge in [0.05, 0.1) is 12.2 Å². The standard InChI is InChI=1S/C26H29ClN6/c1-16-7-17(2)28-23(8-16)32-14-26(15-32)10-19(11-26)25-30-29-24-13-31(21-4-5-21)12-18-9-20(27)3-6-22(18)33(24)25/h3,6-9,19,21H,4-5,10-15H2,1-2H3. The second-order valence-corrected chi connectivity index (χ2v) is 11.3. The molecule has 2 aromatic heterocycles. The zero-order valence-corrected chi connectivity index (χ0v) is 20.0. The van der Waals surface area contributed by atoms with Crippen LogP contribution in [0.4, 0.5) is 5.82 Å². The molecule has 2 aliphatic carbocycles. The summed E-state index contributed by atoms with van der Waals surface area (Å²) in [6, 6.07) is 11.3. The predicted octanol–water partition coefficient (Wildman–Crippen LogP) is 4.79. The summed E-state index contributed by atoms with van der Waals surface area (Å²) in [5.74, 6) is 3.81. The van der Waals surface area contributed by atoms with E-state index < -0.39 is 0 Å². The summed E-state index contributed by atoms with van der Waals surface area (Å²) in [6.07, 6.45) is 4.94. The van der Waals surface area contributed by atoms with E-state index in [1.165, 1.54) is 42.5 Å². The smallest absolute Gasteiger partial charge is 0.151 e. The number of hydrogen-bond acceptors (Lipinski definition) is 5. The Kier molecular flexibility index (Phi) is 4.26. The largest absolute Gasteiger partial charge is 0.355 e. The second kappa shape index (κ2) is 7.03. The lowest BCUT2D eigenvalue weighted by atomic mass is 9.57. The molecule has 4 heterocycles. The molecule has 0 atom stereocenters. The van der Waals surface area contributed by atoms with E-state index in [1.807, 2.05) is 6.07 Å². The van der Waals surface area contributed by atoms with Crippen molar-refractivity contribution in [3.8, 4) is 5.69 Å². The zero-order valence-electron chi connectivity index (χ0n) is 19.3. The van der Waals surface area contributed by atoms with Gasteiger partial charge in [-0.2, -0.15) is 0 Å². The van der Waals surface area contributed by atoms with Crippen LogP contribution in [-0.2, 0) is 13.1 Å². The van der Waals surface area contributed by atoms with Crippen molar-refractivity contribution < 1.29 is 0 Å². The van der Waals surface area contributed by atoms with Gasteiger partial charge in [0.15, 0.2) is 5.82 Å². The van der Waals surface area contributed by atoms with Gasteiger partial charge in [-0.05, 0) is 81.0 Å². The summed E-state index contributed by atoms with van der Waals surface area (Å²) in [7, 11) is 0. The van der Waals surface area contributed by atoms with Crippen LogP contribution in [0, 0.1) is 19.3 Å². The van der Waals surface area contributed by atoms with Crippen LogP contribution < -0.4 is 4.90 Å². The SMILES string of the molecule is Cc1cc(C)nc(N2CC3(CC(c4nnc5n4-c4ccc(Cl)cc4CN(C4CC4)C5)C3)C2)c1. The summed E-state index contributed by atoms with van der Waals surface area (Å²) >= 11 is 6.39. The highest BCUT2D eigenvalue weighted by Gasteiger charge is 2.54. The highest BCUT2D eigenvalue weighted by atomic mass is 35.5. The molecule has 3 fully saturated rings. The molecule has 2 saturated carbocycles. The van der Waals surface area contributed by atoms with E-state index in [0.29, 0.717) is 17.4 Å². The highest BCUT2D eigenvalue weighted by Crippen LogP contribution is 2.56. The molecule has 4 aliphatic rings. The van der Waals surface area contributed by atoms with Gasteiger partial charge in [-0.3, -0.25) is 9.47 Å². The number of anilines is 1. The van der Waals surface area contributed by atoms with Crippen molar-refractivity contribution >= 4 is 17.4 Å². The zero-order chi connectivity index (χ0) is 22.3. The molecule has 0 amide bonds. The molecule has 0 N–H and O–H groups in total. The van der Waals surface area contributed by atoms with Crippen LogP contribution in [0.3, 0.4) is 0 Å². The summed E-state index contributed by atoms with van der Waals surface area (Å²) in [6.45, 7) is 8.24. The molecule has 7 rings (SSSR count). The third kappa shape index (κ3) is 3.29. The maximum absolute atomic E-state index is 6.39. The molecule has 1 aromatic carbocycles. The number of aromatic nitrogens is 4. The van der Waals surface area contributed by atoms with E-state index >= 15 is 0 Å². The molecule has 33 heavy (non-hydrogen) atoms. The summed E-state index contributed by atoms with van der Waals surface area (Å²) in [5, 5.41) is 10.2. The molecule has 2 aliphatic heterocycles. The normalized spacial score (nSPS) is 21.8. The van der Waals surface area contributed by atoms with Crippen LogP contribution >= 0.6 is 11.6 Å². The monoisotopic (exact) mass is 460 g/mol. The van der Waals surface area contributed by atoms with E-state index in [9.17, 15) is 0 Å². The maximum atomic E-state index is 6.39. The lowest BCUT2D eigenvalue weighted by Gasteiger charge is -2.59. The number of halogens is 1. The fourth-order valence-electron chi connectivity index (χ4n) is 6.35. The van der Waals surface area contributed by atoms with Crippen LogP contribution in [0.15, 0.2) is 30.3 Å². The van der Waals surface area contributed by atoms with Gasteiger partial charge in [0.1, 0.15) is 11.6 Å². The molecule has 1 saturated heterocycles. The first-order chi connectivity index (χ1) is 16.0. The molecule has 7 heteroatoms. The van der Waals surface area contributed by atoms with Crippen molar-refractivity contribution in [2.24, 2.45) is 5.41 Å². The Morgan fingerprint density at radius 3 is 2.58 bits per heavy atom. The van der Waals surface area contributed by atoms with Gasteiger partial charge >= 0.3 is 0 Å². The van der Waals surface area contributed by atoms with Gasteiger partial charge in [0.25, 0.3) is 0 Å². The number of aryl methyl sites for hydroxylation is 2. The summed E-state index contributed by atoms with van der Waals surface area (Å²) in [4.78, 5) is 9.75.